The fraction of sp³-hybridized carbons (Fsp3) is 0.167. The van der Waals surface area contributed by atoms with Crippen molar-refractivity contribution in [3.8, 4) is 11.3 Å². The van der Waals surface area contributed by atoms with Gasteiger partial charge in [-0.25, -0.2) is 4.98 Å². The van der Waals surface area contributed by atoms with Gasteiger partial charge in [0, 0.05) is 17.5 Å². The average Bonchev–Trinajstić information content (AvgIpc) is 2.87. The molecule has 0 fully saturated rings. The predicted octanol–water partition coefficient (Wildman–Crippen LogP) is 2.62. The lowest BCUT2D eigenvalue weighted by molar-refractivity contribution is 0.927. The Morgan fingerprint density at radius 1 is 1.33 bits per heavy atom. The third-order valence-electron chi connectivity index (χ3n) is 2.19. The predicted molar refractivity (Wildman–Crippen MR) is 80.6 cm³/mol. The molecule has 0 aliphatic rings. The first-order valence-corrected chi connectivity index (χ1v) is 6.89. The van der Waals surface area contributed by atoms with Gasteiger partial charge < -0.3 is 5.32 Å². The van der Waals surface area contributed by atoms with Gasteiger partial charge in [0.05, 0.1) is 5.69 Å². The van der Waals surface area contributed by atoms with Crippen molar-refractivity contribution in [2.45, 2.75) is 6.92 Å². The number of thiocarbonyl (C=S) groups is 1. The van der Waals surface area contributed by atoms with E-state index in [9.17, 15) is 0 Å². The van der Waals surface area contributed by atoms with E-state index in [0.717, 1.165) is 22.9 Å². The topological polar surface area (TPSA) is 49.0 Å². The summed E-state index contributed by atoms with van der Waals surface area (Å²) in [7, 11) is 0. The third-order valence-corrected chi connectivity index (χ3v) is 3.20. The average molecular weight is 278 g/mol. The molecule has 1 aromatic heterocycles. The molecule has 2 aromatic rings. The highest BCUT2D eigenvalue weighted by Gasteiger charge is 2.03. The molecule has 0 aliphatic carbocycles. The van der Waals surface area contributed by atoms with Crippen molar-refractivity contribution in [1.29, 1.82) is 0 Å². The van der Waals surface area contributed by atoms with Crippen LogP contribution in [0.1, 0.15) is 6.92 Å². The van der Waals surface area contributed by atoms with Crippen molar-refractivity contribution < 1.29 is 0 Å². The van der Waals surface area contributed by atoms with Crippen LogP contribution in [0.5, 0.6) is 0 Å². The van der Waals surface area contributed by atoms with Crippen molar-refractivity contribution >= 4 is 33.8 Å². The zero-order valence-corrected chi connectivity index (χ0v) is 11.6. The van der Waals surface area contributed by atoms with Crippen LogP contribution in [0.3, 0.4) is 0 Å². The lowest BCUT2D eigenvalue weighted by Crippen LogP contribution is -2.38. The number of hydrogen-bond donors (Lipinski definition) is 3. The smallest absolute Gasteiger partial charge is 0.202 e. The molecule has 18 heavy (non-hydrogen) atoms. The summed E-state index contributed by atoms with van der Waals surface area (Å²) in [5, 5.41) is 6.35. The zero-order valence-electron chi connectivity index (χ0n) is 9.93. The monoisotopic (exact) mass is 278 g/mol. The molecule has 2 rings (SSSR count). The highest BCUT2D eigenvalue weighted by molar-refractivity contribution is 7.80. The largest absolute Gasteiger partial charge is 0.362 e. The molecule has 0 radical (unpaired) electrons. The maximum Gasteiger partial charge on any atom is 0.202 e. The lowest BCUT2D eigenvalue weighted by atomic mass is 10.2. The minimum absolute atomic E-state index is 0.564. The molecule has 4 nitrogen and oxygen atoms in total. The highest BCUT2D eigenvalue weighted by Crippen LogP contribution is 2.23. The summed E-state index contributed by atoms with van der Waals surface area (Å²) in [6.45, 7) is 2.78. The van der Waals surface area contributed by atoms with Gasteiger partial charge in [-0.15, -0.1) is 11.3 Å². The number of thiazole rings is 1. The highest BCUT2D eigenvalue weighted by atomic mass is 32.1. The maximum absolute atomic E-state index is 5.04. The first-order chi connectivity index (χ1) is 8.79. The number of anilines is 1. The molecule has 0 spiro atoms. The summed E-state index contributed by atoms with van der Waals surface area (Å²) in [4.78, 5) is 4.47. The van der Waals surface area contributed by atoms with Gasteiger partial charge in [0.2, 0.25) is 5.13 Å². The van der Waals surface area contributed by atoms with Crippen molar-refractivity contribution in [1.82, 2.24) is 15.7 Å². The molecule has 0 amide bonds. The molecule has 0 aliphatic heterocycles. The van der Waals surface area contributed by atoms with E-state index in [0.29, 0.717) is 5.11 Å². The van der Waals surface area contributed by atoms with E-state index in [-0.39, 0.29) is 0 Å². The van der Waals surface area contributed by atoms with E-state index in [2.05, 4.69) is 21.2 Å². The molecule has 6 heteroatoms. The SMILES string of the molecule is CCNC(=S)NNc1nc(-c2ccccc2)cs1. The fourth-order valence-electron chi connectivity index (χ4n) is 1.39. The zero-order chi connectivity index (χ0) is 12.8. The Balaban J connectivity index is 1.97. The first-order valence-electron chi connectivity index (χ1n) is 5.60. The molecule has 1 heterocycles. The normalized spacial score (nSPS) is 9.83. The molecular formula is C12H14N4S2. The quantitative estimate of drug-likeness (QED) is 0.593. The van der Waals surface area contributed by atoms with Crippen molar-refractivity contribution in [3.63, 3.8) is 0 Å². The third kappa shape index (κ3) is 3.41. The van der Waals surface area contributed by atoms with Crippen molar-refractivity contribution in [2.24, 2.45) is 0 Å². The number of rotatable bonds is 4. The van der Waals surface area contributed by atoms with Gasteiger partial charge in [0.25, 0.3) is 0 Å². The van der Waals surface area contributed by atoms with Gasteiger partial charge >= 0.3 is 0 Å². The molecule has 0 saturated carbocycles. The minimum atomic E-state index is 0.564. The van der Waals surface area contributed by atoms with Gasteiger partial charge in [0.15, 0.2) is 5.11 Å². The number of nitrogens with one attached hydrogen (secondary N) is 3. The minimum Gasteiger partial charge on any atom is -0.362 e. The molecule has 0 atom stereocenters. The first kappa shape index (κ1) is 12.8. The Morgan fingerprint density at radius 3 is 2.83 bits per heavy atom. The fourth-order valence-corrected chi connectivity index (χ4v) is 2.26. The number of nitrogens with zero attached hydrogens (tertiary/aromatic N) is 1. The number of hydrazine groups is 1. The summed E-state index contributed by atoms with van der Waals surface area (Å²) in [5.74, 6) is 0. The Bertz CT molecular complexity index is 510. The summed E-state index contributed by atoms with van der Waals surface area (Å²) >= 11 is 6.58. The molecule has 0 bridgehead atoms. The van der Waals surface area contributed by atoms with Crippen LogP contribution in [0.25, 0.3) is 11.3 Å². The molecular weight excluding hydrogens is 264 g/mol. The second kappa shape index (κ2) is 6.32. The van der Waals surface area contributed by atoms with Crippen LogP contribution in [0.2, 0.25) is 0 Å². The van der Waals surface area contributed by atoms with E-state index in [1.165, 1.54) is 11.3 Å². The van der Waals surface area contributed by atoms with Gasteiger partial charge in [0.1, 0.15) is 0 Å². The van der Waals surface area contributed by atoms with E-state index in [4.69, 9.17) is 12.2 Å². The molecule has 94 valence electrons. The van der Waals surface area contributed by atoms with Crippen molar-refractivity contribution in [2.75, 3.05) is 12.0 Å². The van der Waals surface area contributed by atoms with Crippen LogP contribution >= 0.6 is 23.6 Å². The van der Waals surface area contributed by atoms with Crippen LogP contribution in [-0.2, 0) is 0 Å². The Hall–Kier alpha value is -1.66. The molecule has 3 N–H and O–H groups in total. The van der Waals surface area contributed by atoms with Crippen molar-refractivity contribution in [3.05, 3.63) is 35.7 Å². The van der Waals surface area contributed by atoms with E-state index < -0.39 is 0 Å². The van der Waals surface area contributed by atoms with Crippen LogP contribution in [0, 0.1) is 0 Å². The van der Waals surface area contributed by atoms with Gasteiger partial charge in [-0.05, 0) is 19.1 Å². The molecule has 0 unspecified atom stereocenters. The summed E-state index contributed by atoms with van der Waals surface area (Å²) < 4.78 is 0. The van der Waals surface area contributed by atoms with Crippen LogP contribution in [-0.4, -0.2) is 16.6 Å². The van der Waals surface area contributed by atoms with Crippen LogP contribution < -0.4 is 16.2 Å². The second-order valence-corrected chi connectivity index (χ2v) is 4.78. The maximum atomic E-state index is 5.04. The van der Waals surface area contributed by atoms with E-state index in [1.54, 1.807) is 0 Å². The number of benzene rings is 1. The Kier molecular flexibility index (Phi) is 4.49. The summed E-state index contributed by atoms with van der Waals surface area (Å²) in [6.07, 6.45) is 0. The van der Waals surface area contributed by atoms with Gasteiger partial charge in [-0.2, -0.15) is 0 Å². The second-order valence-electron chi connectivity index (χ2n) is 3.51. The number of hydrogen-bond acceptors (Lipinski definition) is 4. The van der Waals surface area contributed by atoms with Crippen LogP contribution in [0.4, 0.5) is 5.13 Å². The lowest BCUT2D eigenvalue weighted by Gasteiger charge is -2.08. The Labute approximate surface area is 115 Å². The van der Waals surface area contributed by atoms with Gasteiger partial charge in [-0.3, -0.25) is 10.9 Å². The molecule has 0 saturated heterocycles. The Morgan fingerprint density at radius 2 is 2.11 bits per heavy atom. The van der Waals surface area contributed by atoms with Crippen LogP contribution in [0.15, 0.2) is 35.7 Å². The molecule has 1 aromatic carbocycles. The summed E-state index contributed by atoms with van der Waals surface area (Å²) in [6, 6.07) is 10.1. The standard InChI is InChI=1S/C12H14N4S2/c1-2-13-11(17)15-16-12-14-10(8-18-12)9-6-4-3-5-7-9/h3-8H,2H2,1H3,(H,14,16)(H2,13,15,17). The van der Waals surface area contributed by atoms with E-state index >= 15 is 0 Å². The van der Waals surface area contributed by atoms with Gasteiger partial charge in [-0.1, -0.05) is 30.3 Å². The van der Waals surface area contributed by atoms with E-state index in [1.807, 2.05) is 42.6 Å². The number of aromatic nitrogens is 1. The summed E-state index contributed by atoms with van der Waals surface area (Å²) in [5.41, 5.74) is 7.92.